The zero-order valence-corrected chi connectivity index (χ0v) is 15.5. The Labute approximate surface area is 157 Å². The van der Waals surface area contributed by atoms with Gasteiger partial charge < -0.3 is 19.2 Å². The number of nitrogens with one attached hydrogen (secondary N) is 1. The average Bonchev–Trinajstić information content (AvgIpc) is 3.19. The summed E-state index contributed by atoms with van der Waals surface area (Å²) in [5.41, 5.74) is 0.939. The van der Waals surface area contributed by atoms with Crippen LogP contribution >= 0.6 is 11.3 Å². The van der Waals surface area contributed by atoms with Crippen molar-refractivity contribution in [2.75, 3.05) is 18.5 Å². The van der Waals surface area contributed by atoms with Crippen LogP contribution in [0.5, 0.6) is 0 Å². The van der Waals surface area contributed by atoms with Crippen LogP contribution in [0.25, 0.3) is 0 Å². The largest absolute Gasteiger partial charge is 0.462 e. The molecule has 0 radical (unpaired) electrons. The van der Waals surface area contributed by atoms with Crippen molar-refractivity contribution in [1.82, 2.24) is 0 Å². The minimum atomic E-state index is -1.03. The van der Waals surface area contributed by atoms with Crippen LogP contribution in [0.4, 0.5) is 10.9 Å². The van der Waals surface area contributed by atoms with Crippen molar-refractivity contribution >= 4 is 40.1 Å². The van der Waals surface area contributed by atoms with Crippen molar-refractivity contribution in [2.45, 2.75) is 20.8 Å². The highest BCUT2D eigenvalue weighted by atomic mass is 32.1. The molecule has 0 unspecified atom stereocenters. The van der Waals surface area contributed by atoms with E-state index < -0.39 is 41.0 Å². The minimum Gasteiger partial charge on any atom is -0.462 e. The number of ether oxygens (including phenoxy) is 2. The van der Waals surface area contributed by atoms with Crippen LogP contribution < -0.4 is 5.32 Å². The molecule has 2 heterocycles. The van der Waals surface area contributed by atoms with E-state index in [0.717, 1.165) is 17.0 Å². The molecular formula is C16H16N2O8S. The topological polar surface area (TPSA) is 138 Å². The first-order chi connectivity index (χ1) is 12.7. The summed E-state index contributed by atoms with van der Waals surface area (Å²) in [7, 11) is 0. The lowest BCUT2D eigenvalue weighted by atomic mass is 10.1. The summed E-state index contributed by atoms with van der Waals surface area (Å²) in [6.07, 6.45) is 0. The molecule has 0 aliphatic carbocycles. The van der Waals surface area contributed by atoms with Gasteiger partial charge in [0.25, 0.3) is 5.91 Å². The molecule has 27 heavy (non-hydrogen) atoms. The monoisotopic (exact) mass is 396 g/mol. The molecule has 1 N–H and O–H groups in total. The van der Waals surface area contributed by atoms with Gasteiger partial charge in [0.1, 0.15) is 9.92 Å². The Bertz CT molecular complexity index is 898. The van der Waals surface area contributed by atoms with Crippen LogP contribution in [0.15, 0.2) is 16.5 Å². The van der Waals surface area contributed by atoms with Crippen LogP contribution in [0, 0.1) is 24.0 Å². The normalized spacial score (nSPS) is 10.3. The van der Waals surface area contributed by atoms with Crippen molar-refractivity contribution in [2.24, 2.45) is 0 Å². The maximum Gasteiger partial charge on any atom is 0.433 e. The molecule has 11 heteroatoms. The van der Waals surface area contributed by atoms with Gasteiger partial charge in [0.15, 0.2) is 6.61 Å². The fourth-order valence-corrected chi connectivity index (χ4v) is 3.13. The number of aryl methyl sites for hydroxylation is 1. The molecule has 10 nitrogen and oxygen atoms in total. The molecule has 0 aromatic carbocycles. The predicted octanol–water partition coefficient (Wildman–Crippen LogP) is 2.84. The lowest BCUT2D eigenvalue weighted by molar-refractivity contribution is -0.402. The van der Waals surface area contributed by atoms with Gasteiger partial charge in [0.2, 0.25) is 5.76 Å². The van der Waals surface area contributed by atoms with Crippen LogP contribution in [-0.2, 0) is 14.3 Å². The molecule has 2 rings (SSSR count). The molecule has 2 aromatic heterocycles. The first-order valence-corrected chi connectivity index (χ1v) is 8.54. The fourth-order valence-electron chi connectivity index (χ4n) is 2.06. The van der Waals surface area contributed by atoms with E-state index in [1.54, 1.807) is 20.8 Å². The molecule has 2 aromatic rings. The summed E-state index contributed by atoms with van der Waals surface area (Å²) in [6, 6.07) is 2.07. The van der Waals surface area contributed by atoms with Crippen molar-refractivity contribution in [3.63, 3.8) is 0 Å². The van der Waals surface area contributed by atoms with Crippen LogP contribution in [0.1, 0.15) is 38.3 Å². The van der Waals surface area contributed by atoms with E-state index in [1.165, 1.54) is 11.3 Å². The highest BCUT2D eigenvalue weighted by Crippen LogP contribution is 2.33. The van der Waals surface area contributed by atoms with Crippen molar-refractivity contribution in [3.05, 3.63) is 44.0 Å². The van der Waals surface area contributed by atoms with Gasteiger partial charge in [-0.25, -0.2) is 9.59 Å². The third-order valence-electron chi connectivity index (χ3n) is 3.43. The summed E-state index contributed by atoms with van der Waals surface area (Å²) in [4.78, 5) is 46.4. The molecule has 0 fully saturated rings. The third kappa shape index (κ3) is 4.70. The number of anilines is 1. The first kappa shape index (κ1) is 20.1. The lowest BCUT2D eigenvalue weighted by Gasteiger charge is -2.07. The number of amides is 1. The molecule has 144 valence electrons. The highest BCUT2D eigenvalue weighted by molar-refractivity contribution is 7.16. The Balaban J connectivity index is 2.01. The van der Waals surface area contributed by atoms with Crippen molar-refractivity contribution in [3.8, 4) is 0 Å². The Morgan fingerprint density at radius 2 is 1.93 bits per heavy atom. The van der Waals surface area contributed by atoms with Gasteiger partial charge in [0, 0.05) is 4.88 Å². The lowest BCUT2D eigenvalue weighted by Crippen LogP contribution is -2.21. The summed E-state index contributed by atoms with van der Waals surface area (Å²) in [5, 5.41) is 13.3. The van der Waals surface area contributed by atoms with Gasteiger partial charge in [0.05, 0.1) is 18.2 Å². The Morgan fingerprint density at radius 1 is 1.22 bits per heavy atom. The summed E-state index contributed by atoms with van der Waals surface area (Å²) < 4.78 is 14.4. The predicted molar refractivity (Wildman–Crippen MR) is 94.0 cm³/mol. The molecule has 0 atom stereocenters. The number of hydrogen-bond acceptors (Lipinski definition) is 9. The smallest absolute Gasteiger partial charge is 0.433 e. The standard InChI is InChI=1S/C16H16N2O8S/c1-4-24-16(21)13-8(2)9(3)27-14(13)17-11(19)7-25-15(20)10-5-6-12(26-10)18(22)23/h5-6H,4,7H2,1-3H3,(H,17,19). The Kier molecular flexibility index (Phi) is 6.29. The number of nitrogens with zero attached hydrogens (tertiary/aromatic N) is 1. The fraction of sp³-hybridized carbons (Fsp3) is 0.312. The molecule has 1 amide bonds. The number of hydrogen-bond donors (Lipinski definition) is 1. The van der Waals surface area contributed by atoms with Gasteiger partial charge in [-0.1, -0.05) is 0 Å². The van der Waals surface area contributed by atoms with E-state index in [-0.39, 0.29) is 17.2 Å². The zero-order chi connectivity index (χ0) is 20.1. The van der Waals surface area contributed by atoms with E-state index in [0.29, 0.717) is 5.56 Å². The number of furan rings is 1. The van der Waals surface area contributed by atoms with E-state index in [4.69, 9.17) is 9.47 Å². The maximum absolute atomic E-state index is 12.1. The quantitative estimate of drug-likeness (QED) is 0.428. The second-order valence-corrected chi connectivity index (χ2v) is 6.45. The average molecular weight is 396 g/mol. The number of carbonyl (C=O) groups is 3. The van der Waals surface area contributed by atoms with Crippen molar-refractivity contribution < 1.29 is 33.2 Å². The van der Waals surface area contributed by atoms with Crippen molar-refractivity contribution in [1.29, 1.82) is 0 Å². The first-order valence-electron chi connectivity index (χ1n) is 7.72. The van der Waals surface area contributed by atoms with E-state index in [2.05, 4.69) is 9.73 Å². The van der Waals surface area contributed by atoms with Gasteiger partial charge in [-0.15, -0.1) is 11.3 Å². The van der Waals surface area contributed by atoms with E-state index in [9.17, 15) is 24.5 Å². The molecule has 0 bridgehead atoms. The second-order valence-electron chi connectivity index (χ2n) is 5.23. The number of rotatable bonds is 7. The maximum atomic E-state index is 12.1. The van der Waals surface area contributed by atoms with Crippen LogP contribution in [0.3, 0.4) is 0 Å². The summed E-state index contributed by atoms with van der Waals surface area (Å²) in [6.45, 7) is 4.72. The second kappa shape index (κ2) is 8.45. The molecule has 0 aliphatic heterocycles. The molecule has 0 saturated carbocycles. The van der Waals surface area contributed by atoms with Gasteiger partial charge >= 0.3 is 17.8 Å². The summed E-state index contributed by atoms with van der Waals surface area (Å²) >= 11 is 1.19. The Hall–Kier alpha value is -3.21. The molecule has 0 aliphatic rings. The molecule has 0 saturated heterocycles. The summed E-state index contributed by atoms with van der Waals surface area (Å²) in [5.74, 6) is -3.28. The van der Waals surface area contributed by atoms with Gasteiger partial charge in [-0.2, -0.15) is 0 Å². The number of carbonyl (C=O) groups excluding carboxylic acids is 3. The van der Waals surface area contributed by atoms with Crippen LogP contribution in [-0.4, -0.2) is 36.0 Å². The SMILES string of the molecule is CCOC(=O)c1c(NC(=O)COC(=O)c2ccc([N+](=O)[O-])o2)sc(C)c1C. The molecule has 0 spiro atoms. The Morgan fingerprint density at radius 3 is 2.52 bits per heavy atom. The number of nitro groups is 1. The number of esters is 2. The van der Waals surface area contributed by atoms with Gasteiger partial charge in [-0.3, -0.25) is 14.9 Å². The van der Waals surface area contributed by atoms with Gasteiger partial charge in [-0.05, 0) is 32.4 Å². The highest BCUT2D eigenvalue weighted by Gasteiger charge is 2.23. The zero-order valence-electron chi connectivity index (χ0n) is 14.7. The van der Waals surface area contributed by atoms with E-state index in [1.807, 2.05) is 0 Å². The van der Waals surface area contributed by atoms with E-state index >= 15 is 0 Å². The minimum absolute atomic E-state index is 0.188. The van der Waals surface area contributed by atoms with Crippen LogP contribution in [0.2, 0.25) is 0 Å². The third-order valence-corrected chi connectivity index (χ3v) is 4.55. The molecular weight excluding hydrogens is 380 g/mol. The number of thiophene rings is 1.